The van der Waals surface area contributed by atoms with Crippen LogP contribution in [0.1, 0.15) is 30.1 Å². The second-order valence-electron chi connectivity index (χ2n) is 6.73. The summed E-state index contributed by atoms with van der Waals surface area (Å²) in [6.45, 7) is 1.35. The van der Waals surface area contributed by atoms with E-state index in [2.05, 4.69) is 27.8 Å². The van der Waals surface area contributed by atoms with Crippen molar-refractivity contribution < 1.29 is 9.13 Å². The van der Waals surface area contributed by atoms with Crippen LogP contribution in [-0.2, 0) is 10.2 Å². The topological polar surface area (TPSA) is 45.7 Å². The van der Waals surface area contributed by atoms with Crippen LogP contribution in [-0.4, -0.2) is 33.2 Å². The minimum Gasteiger partial charge on any atom is -0.375 e. The molecular formula is C21H26FN3O. The van der Waals surface area contributed by atoms with Gasteiger partial charge in [-0.25, -0.2) is 4.39 Å². The summed E-state index contributed by atoms with van der Waals surface area (Å²) in [5, 5.41) is 6.70. The maximum atomic E-state index is 13.5. The molecule has 1 fully saturated rings. The van der Waals surface area contributed by atoms with Crippen LogP contribution in [0.25, 0.3) is 0 Å². The number of aliphatic imine (C=N–C) groups is 1. The summed E-state index contributed by atoms with van der Waals surface area (Å²) in [7, 11) is 3.46. The summed E-state index contributed by atoms with van der Waals surface area (Å²) in [6, 6.07) is 17.0. The molecule has 0 amide bonds. The van der Waals surface area contributed by atoms with E-state index in [1.54, 1.807) is 26.3 Å². The molecular weight excluding hydrogens is 329 g/mol. The predicted octanol–water partition coefficient (Wildman–Crippen LogP) is 3.41. The van der Waals surface area contributed by atoms with Gasteiger partial charge in [0.25, 0.3) is 0 Å². The number of hydrogen-bond donors (Lipinski definition) is 2. The van der Waals surface area contributed by atoms with E-state index >= 15 is 0 Å². The number of methoxy groups -OCH3 is 1. The Morgan fingerprint density at radius 3 is 2.54 bits per heavy atom. The summed E-state index contributed by atoms with van der Waals surface area (Å²) in [5.74, 6) is 0.549. The Kier molecular flexibility index (Phi) is 5.89. The number of ether oxygens (including phenoxy) is 1. The Labute approximate surface area is 154 Å². The first-order valence-corrected chi connectivity index (χ1v) is 8.95. The first-order chi connectivity index (χ1) is 12.7. The van der Waals surface area contributed by atoms with E-state index in [9.17, 15) is 4.39 Å². The summed E-state index contributed by atoms with van der Waals surface area (Å²) < 4.78 is 19.1. The molecule has 26 heavy (non-hydrogen) atoms. The van der Waals surface area contributed by atoms with Crippen molar-refractivity contribution in [1.29, 1.82) is 0 Å². The first-order valence-electron chi connectivity index (χ1n) is 8.95. The molecule has 1 saturated carbocycles. The van der Waals surface area contributed by atoms with Crippen LogP contribution >= 0.6 is 0 Å². The largest absolute Gasteiger partial charge is 0.375 e. The Morgan fingerprint density at radius 2 is 1.92 bits per heavy atom. The molecule has 138 valence electrons. The van der Waals surface area contributed by atoms with E-state index in [1.807, 2.05) is 24.3 Å². The fraction of sp³-hybridized carbons (Fsp3) is 0.381. The van der Waals surface area contributed by atoms with Crippen molar-refractivity contribution in [2.75, 3.05) is 27.2 Å². The highest BCUT2D eigenvalue weighted by Gasteiger charge is 2.44. The second kappa shape index (κ2) is 8.32. The number of halogens is 1. The van der Waals surface area contributed by atoms with Crippen molar-refractivity contribution in [2.24, 2.45) is 4.99 Å². The van der Waals surface area contributed by atoms with Gasteiger partial charge in [0, 0.05) is 32.7 Å². The van der Waals surface area contributed by atoms with Crippen molar-refractivity contribution in [3.63, 3.8) is 0 Å². The van der Waals surface area contributed by atoms with Crippen molar-refractivity contribution >= 4 is 5.96 Å². The fourth-order valence-electron chi connectivity index (χ4n) is 3.20. The number of rotatable bonds is 7. The Hall–Kier alpha value is -2.40. The lowest BCUT2D eigenvalue weighted by molar-refractivity contribution is 0.106. The zero-order valence-electron chi connectivity index (χ0n) is 15.3. The summed E-state index contributed by atoms with van der Waals surface area (Å²) in [6.07, 6.45) is 2.07. The molecule has 2 aromatic rings. The highest BCUT2D eigenvalue weighted by Crippen LogP contribution is 2.47. The van der Waals surface area contributed by atoms with E-state index in [1.165, 1.54) is 6.07 Å². The zero-order valence-corrected chi connectivity index (χ0v) is 15.3. The van der Waals surface area contributed by atoms with E-state index < -0.39 is 0 Å². The standard InChI is InChI=1S/C21H26FN3O/c1-23-20(24-14-19(26-2)16-7-4-3-5-8-16)25-15-21(11-12-21)17-9-6-10-18(22)13-17/h3-10,13,19H,11-12,14-15H2,1-2H3,(H2,23,24,25). The molecule has 1 atom stereocenters. The first kappa shape index (κ1) is 18.4. The number of nitrogens with one attached hydrogen (secondary N) is 2. The lowest BCUT2D eigenvalue weighted by atomic mass is 9.96. The van der Waals surface area contributed by atoms with Gasteiger partial charge in [0.2, 0.25) is 0 Å². The Morgan fingerprint density at radius 1 is 1.15 bits per heavy atom. The highest BCUT2D eigenvalue weighted by atomic mass is 19.1. The van der Waals surface area contributed by atoms with Crippen molar-refractivity contribution in [3.8, 4) is 0 Å². The van der Waals surface area contributed by atoms with Crippen LogP contribution in [0, 0.1) is 5.82 Å². The molecule has 0 aliphatic heterocycles. The Balaban J connectivity index is 1.55. The third-order valence-electron chi connectivity index (χ3n) is 5.02. The number of hydrogen-bond acceptors (Lipinski definition) is 2. The van der Waals surface area contributed by atoms with Crippen molar-refractivity contribution in [1.82, 2.24) is 10.6 Å². The van der Waals surface area contributed by atoms with Gasteiger partial charge in [0.1, 0.15) is 5.82 Å². The van der Waals surface area contributed by atoms with Gasteiger partial charge < -0.3 is 15.4 Å². The molecule has 5 heteroatoms. The van der Waals surface area contributed by atoms with Gasteiger partial charge in [-0.3, -0.25) is 4.99 Å². The normalized spacial score (nSPS) is 16.8. The molecule has 0 spiro atoms. The lowest BCUT2D eigenvalue weighted by Gasteiger charge is -2.21. The molecule has 1 aliphatic carbocycles. The molecule has 0 aromatic heterocycles. The molecule has 0 saturated heterocycles. The van der Waals surface area contributed by atoms with Crippen molar-refractivity contribution in [2.45, 2.75) is 24.4 Å². The third kappa shape index (κ3) is 4.41. The minimum atomic E-state index is -0.179. The van der Waals surface area contributed by atoms with Gasteiger partial charge in [0.15, 0.2) is 5.96 Å². The molecule has 4 nitrogen and oxygen atoms in total. The SMILES string of the molecule is CN=C(NCC(OC)c1ccccc1)NCC1(c2cccc(F)c2)CC1. The maximum absolute atomic E-state index is 13.5. The number of benzene rings is 2. The van der Waals surface area contributed by atoms with Gasteiger partial charge in [-0.1, -0.05) is 42.5 Å². The van der Waals surface area contributed by atoms with E-state index in [0.29, 0.717) is 6.54 Å². The molecule has 2 N–H and O–H groups in total. The molecule has 1 unspecified atom stereocenters. The van der Waals surface area contributed by atoms with Crippen LogP contribution in [0.2, 0.25) is 0 Å². The van der Waals surface area contributed by atoms with Gasteiger partial charge in [-0.05, 0) is 36.1 Å². The van der Waals surface area contributed by atoms with Gasteiger partial charge in [0.05, 0.1) is 6.10 Å². The van der Waals surface area contributed by atoms with E-state index in [4.69, 9.17) is 4.74 Å². The quantitative estimate of drug-likeness (QED) is 0.591. The summed E-state index contributed by atoms with van der Waals surface area (Å²) in [4.78, 5) is 4.29. The van der Waals surface area contributed by atoms with Gasteiger partial charge >= 0.3 is 0 Å². The molecule has 3 rings (SSSR count). The molecule has 0 radical (unpaired) electrons. The lowest BCUT2D eigenvalue weighted by Crippen LogP contribution is -2.42. The monoisotopic (exact) mass is 355 g/mol. The van der Waals surface area contributed by atoms with Gasteiger partial charge in [-0.2, -0.15) is 0 Å². The number of nitrogens with zero attached hydrogens (tertiary/aromatic N) is 1. The highest BCUT2D eigenvalue weighted by molar-refractivity contribution is 5.79. The average molecular weight is 355 g/mol. The van der Waals surface area contributed by atoms with E-state index in [-0.39, 0.29) is 17.3 Å². The van der Waals surface area contributed by atoms with Gasteiger partial charge in [-0.15, -0.1) is 0 Å². The summed E-state index contributed by atoms with van der Waals surface area (Å²) in [5.41, 5.74) is 2.19. The van der Waals surface area contributed by atoms with Crippen LogP contribution in [0.15, 0.2) is 59.6 Å². The van der Waals surface area contributed by atoms with E-state index in [0.717, 1.165) is 36.5 Å². The third-order valence-corrected chi connectivity index (χ3v) is 5.02. The van der Waals surface area contributed by atoms with Crippen LogP contribution in [0.4, 0.5) is 4.39 Å². The van der Waals surface area contributed by atoms with Crippen LogP contribution in [0.3, 0.4) is 0 Å². The molecule has 0 bridgehead atoms. The van der Waals surface area contributed by atoms with Crippen molar-refractivity contribution in [3.05, 3.63) is 71.5 Å². The van der Waals surface area contributed by atoms with Crippen LogP contribution in [0.5, 0.6) is 0 Å². The zero-order chi connectivity index (χ0) is 18.4. The average Bonchev–Trinajstić information content (AvgIpc) is 3.47. The molecule has 2 aromatic carbocycles. The predicted molar refractivity (Wildman–Crippen MR) is 103 cm³/mol. The van der Waals surface area contributed by atoms with Crippen LogP contribution < -0.4 is 10.6 Å². The second-order valence-corrected chi connectivity index (χ2v) is 6.73. The smallest absolute Gasteiger partial charge is 0.191 e. The maximum Gasteiger partial charge on any atom is 0.191 e. The fourth-order valence-corrected chi connectivity index (χ4v) is 3.20. The Bertz CT molecular complexity index is 744. The molecule has 1 aliphatic rings. The summed E-state index contributed by atoms with van der Waals surface area (Å²) >= 11 is 0. The minimum absolute atomic E-state index is 0.0137. The number of guanidine groups is 1. The molecule has 0 heterocycles.